The molecular weight excluding hydrogens is 829 g/mol. The van der Waals surface area contributed by atoms with E-state index in [0.29, 0.717) is 11.6 Å². The van der Waals surface area contributed by atoms with Gasteiger partial charge in [-0.1, -0.05) is 182 Å². The van der Waals surface area contributed by atoms with Gasteiger partial charge in [-0.25, -0.2) is 19.9 Å². The first-order valence-electron chi connectivity index (χ1n) is 22.7. The fraction of sp³-hybridized carbons (Fsp3) is 0. The van der Waals surface area contributed by atoms with Crippen molar-refractivity contribution in [1.29, 1.82) is 0 Å². The fourth-order valence-electron chi connectivity index (χ4n) is 8.76. The SMILES string of the molecule is c1ccc(-c2ccc(-c3nc(-c4ccc(-c5ccc(-c6cc(-c7ccc8ccccc8c7)nc(-c7ccc(-c8ccccn8)cc7)n6)cc5)cc4)cc(-c4ccc5ccccc5c4)n3)cc2)nc1. The summed E-state index contributed by atoms with van der Waals surface area (Å²) in [7, 11) is 0. The Morgan fingerprint density at radius 2 is 0.485 bits per heavy atom. The molecule has 0 bridgehead atoms. The molecule has 0 atom stereocenters. The number of pyridine rings is 2. The zero-order valence-electron chi connectivity index (χ0n) is 36.8. The van der Waals surface area contributed by atoms with E-state index in [1.54, 1.807) is 0 Å². The second kappa shape index (κ2) is 17.6. The normalized spacial score (nSPS) is 11.2. The van der Waals surface area contributed by atoms with E-state index in [1.165, 1.54) is 21.5 Å². The molecule has 12 rings (SSSR count). The third-order valence-corrected chi connectivity index (χ3v) is 12.4. The van der Waals surface area contributed by atoms with Crippen LogP contribution in [0.2, 0.25) is 0 Å². The van der Waals surface area contributed by atoms with Gasteiger partial charge in [-0.15, -0.1) is 0 Å². The molecule has 0 aliphatic carbocycles. The Labute approximate surface area is 394 Å². The van der Waals surface area contributed by atoms with E-state index in [9.17, 15) is 0 Å². The van der Waals surface area contributed by atoms with Gasteiger partial charge >= 0.3 is 0 Å². The highest BCUT2D eigenvalue weighted by atomic mass is 14.9. The molecule has 0 saturated heterocycles. The lowest BCUT2D eigenvalue weighted by Gasteiger charge is -2.12. The topological polar surface area (TPSA) is 77.3 Å². The van der Waals surface area contributed by atoms with Crippen LogP contribution in [-0.2, 0) is 0 Å². The molecule has 0 aliphatic heterocycles. The summed E-state index contributed by atoms with van der Waals surface area (Å²) in [5.74, 6) is 1.33. The first kappa shape index (κ1) is 40.3. The van der Waals surface area contributed by atoms with Crippen molar-refractivity contribution < 1.29 is 0 Å². The third-order valence-electron chi connectivity index (χ3n) is 12.4. The Morgan fingerprint density at radius 1 is 0.191 bits per heavy atom. The maximum atomic E-state index is 5.16. The van der Waals surface area contributed by atoms with Crippen LogP contribution in [0.5, 0.6) is 0 Å². The Kier molecular flexibility index (Phi) is 10.4. The van der Waals surface area contributed by atoms with Crippen LogP contribution in [0.4, 0.5) is 0 Å². The second-order valence-electron chi connectivity index (χ2n) is 16.8. The van der Waals surface area contributed by atoms with Crippen LogP contribution in [0.3, 0.4) is 0 Å². The maximum absolute atomic E-state index is 5.16. The molecule has 12 aromatic rings. The van der Waals surface area contributed by atoms with Crippen molar-refractivity contribution in [1.82, 2.24) is 29.9 Å². The maximum Gasteiger partial charge on any atom is 0.160 e. The van der Waals surface area contributed by atoms with Gasteiger partial charge in [0.1, 0.15) is 0 Å². The van der Waals surface area contributed by atoms with Crippen molar-refractivity contribution in [2.24, 2.45) is 0 Å². The summed E-state index contributed by atoms with van der Waals surface area (Å²) < 4.78 is 0. The minimum atomic E-state index is 0.663. The summed E-state index contributed by atoms with van der Waals surface area (Å²) in [4.78, 5) is 29.7. The first-order chi connectivity index (χ1) is 33.6. The predicted molar refractivity (Wildman–Crippen MR) is 277 cm³/mol. The van der Waals surface area contributed by atoms with E-state index >= 15 is 0 Å². The second-order valence-corrected chi connectivity index (χ2v) is 16.8. The molecule has 6 heteroatoms. The van der Waals surface area contributed by atoms with Gasteiger partial charge < -0.3 is 0 Å². The molecule has 6 nitrogen and oxygen atoms in total. The van der Waals surface area contributed by atoms with Crippen molar-refractivity contribution in [2.75, 3.05) is 0 Å². The van der Waals surface area contributed by atoms with Gasteiger partial charge in [0.05, 0.1) is 34.2 Å². The minimum Gasteiger partial charge on any atom is -0.256 e. The number of rotatable bonds is 9. The minimum absolute atomic E-state index is 0.663. The van der Waals surface area contributed by atoms with E-state index in [1.807, 2.05) is 48.8 Å². The van der Waals surface area contributed by atoms with Gasteiger partial charge in [0, 0.05) is 56.9 Å². The van der Waals surface area contributed by atoms with Gasteiger partial charge in [-0.2, -0.15) is 0 Å². The molecule has 68 heavy (non-hydrogen) atoms. The molecule has 0 fully saturated rings. The standard InChI is InChI=1S/C62H40N6/c1-3-11-51-37-53(33-19-41(51)9-1)59-39-57(65-61(67-59)49-29-25-45(26-30-49)55-13-5-7-35-63-55)47-21-15-43(16-22-47)44-17-23-48(24-18-44)58-40-60(54-34-20-42-10-2-4-12-52(42)38-54)68-62(66-58)50-31-27-46(28-32-50)56-14-6-8-36-64-56/h1-40H. The van der Waals surface area contributed by atoms with E-state index in [-0.39, 0.29) is 0 Å². The predicted octanol–water partition coefficient (Wildman–Crippen LogP) is 15.4. The Balaban J connectivity index is 0.871. The summed E-state index contributed by atoms with van der Waals surface area (Å²) in [5.41, 5.74) is 15.5. The molecule has 0 spiro atoms. The molecule has 0 aliphatic rings. The highest BCUT2D eigenvalue weighted by molar-refractivity contribution is 5.89. The van der Waals surface area contributed by atoms with Crippen LogP contribution in [0.25, 0.3) is 123 Å². The largest absolute Gasteiger partial charge is 0.256 e. The Hall–Kier alpha value is -9.26. The zero-order valence-corrected chi connectivity index (χ0v) is 36.8. The highest BCUT2D eigenvalue weighted by Gasteiger charge is 2.15. The van der Waals surface area contributed by atoms with Crippen molar-refractivity contribution in [3.63, 3.8) is 0 Å². The van der Waals surface area contributed by atoms with E-state index < -0.39 is 0 Å². The van der Waals surface area contributed by atoms with Crippen molar-refractivity contribution in [3.8, 4) is 101 Å². The monoisotopic (exact) mass is 868 g/mol. The van der Waals surface area contributed by atoms with Crippen LogP contribution in [0, 0.1) is 0 Å². The summed E-state index contributed by atoms with van der Waals surface area (Å²) >= 11 is 0. The van der Waals surface area contributed by atoms with Crippen molar-refractivity contribution in [2.45, 2.75) is 0 Å². The van der Waals surface area contributed by atoms with E-state index in [0.717, 1.165) is 89.8 Å². The summed E-state index contributed by atoms with van der Waals surface area (Å²) in [6, 6.07) is 79.8. The van der Waals surface area contributed by atoms with Gasteiger partial charge in [-0.05, 0) is 81.2 Å². The van der Waals surface area contributed by atoms with Crippen LogP contribution in [0.1, 0.15) is 0 Å². The first-order valence-corrected chi connectivity index (χ1v) is 22.7. The smallest absolute Gasteiger partial charge is 0.160 e. The molecule has 0 unspecified atom stereocenters. The molecule has 4 aromatic heterocycles. The summed E-state index contributed by atoms with van der Waals surface area (Å²) in [5, 5.41) is 4.71. The fourth-order valence-corrected chi connectivity index (χ4v) is 8.76. The molecule has 0 saturated carbocycles. The lowest BCUT2D eigenvalue weighted by molar-refractivity contribution is 1.18. The number of aromatic nitrogens is 6. The number of fused-ring (bicyclic) bond motifs is 2. The molecule has 0 amide bonds. The van der Waals surface area contributed by atoms with Crippen molar-refractivity contribution in [3.05, 3.63) is 243 Å². The van der Waals surface area contributed by atoms with Crippen LogP contribution in [0.15, 0.2) is 243 Å². The number of nitrogens with zero attached hydrogens (tertiary/aromatic N) is 6. The van der Waals surface area contributed by atoms with Crippen LogP contribution < -0.4 is 0 Å². The van der Waals surface area contributed by atoms with Gasteiger partial charge in [-0.3, -0.25) is 9.97 Å². The summed E-state index contributed by atoms with van der Waals surface area (Å²) in [6.07, 6.45) is 3.63. The van der Waals surface area contributed by atoms with Gasteiger partial charge in [0.25, 0.3) is 0 Å². The lowest BCUT2D eigenvalue weighted by atomic mass is 9.99. The van der Waals surface area contributed by atoms with Gasteiger partial charge in [0.15, 0.2) is 11.6 Å². The highest BCUT2D eigenvalue weighted by Crippen LogP contribution is 2.34. The van der Waals surface area contributed by atoms with Crippen LogP contribution in [-0.4, -0.2) is 29.9 Å². The van der Waals surface area contributed by atoms with E-state index in [2.05, 4.69) is 204 Å². The number of hydrogen-bond donors (Lipinski definition) is 0. The molecule has 0 N–H and O–H groups in total. The van der Waals surface area contributed by atoms with Gasteiger partial charge in [0.2, 0.25) is 0 Å². The average Bonchev–Trinajstić information content (AvgIpc) is 3.43. The molecule has 318 valence electrons. The Bertz CT molecular complexity index is 3490. The average molecular weight is 869 g/mol. The lowest BCUT2D eigenvalue weighted by Crippen LogP contribution is -1.96. The molecule has 4 heterocycles. The summed E-state index contributed by atoms with van der Waals surface area (Å²) in [6.45, 7) is 0. The van der Waals surface area contributed by atoms with Crippen molar-refractivity contribution >= 4 is 21.5 Å². The molecule has 8 aromatic carbocycles. The van der Waals surface area contributed by atoms with E-state index in [4.69, 9.17) is 19.9 Å². The molecular formula is C62H40N6. The molecule has 0 radical (unpaired) electrons. The quantitative estimate of drug-likeness (QED) is 0.144. The van der Waals surface area contributed by atoms with Crippen LogP contribution >= 0.6 is 0 Å². The zero-order chi connectivity index (χ0) is 45.2. The number of hydrogen-bond acceptors (Lipinski definition) is 6. The Morgan fingerprint density at radius 3 is 0.853 bits per heavy atom. The number of benzene rings is 8. The third kappa shape index (κ3) is 8.19.